The lowest BCUT2D eigenvalue weighted by Gasteiger charge is -2.15. The molecular weight excluding hydrogens is 420 g/mol. The quantitative estimate of drug-likeness (QED) is 0.0910. The van der Waals surface area contributed by atoms with Crippen LogP contribution in [0.25, 0.3) is 0 Å². The third kappa shape index (κ3) is 28.4. The molecule has 0 aliphatic carbocycles. The maximum Gasteiger partial charge on any atom is -0.0443 e. The highest BCUT2D eigenvalue weighted by Crippen LogP contribution is 2.23. The summed E-state index contributed by atoms with van der Waals surface area (Å²) in [5.41, 5.74) is 0. The summed E-state index contributed by atoms with van der Waals surface area (Å²) >= 11 is 0. The molecule has 0 amide bonds. The Hall–Kier alpha value is 0. The molecule has 35 heavy (non-hydrogen) atoms. The van der Waals surface area contributed by atoms with Gasteiger partial charge >= 0.3 is 0 Å². The third-order valence-corrected chi connectivity index (χ3v) is 8.64. The minimum absolute atomic E-state index is 0.950. The van der Waals surface area contributed by atoms with Gasteiger partial charge < -0.3 is 0 Å². The van der Waals surface area contributed by atoms with E-state index in [2.05, 4.69) is 34.6 Å². The van der Waals surface area contributed by atoms with E-state index in [9.17, 15) is 0 Å². The van der Waals surface area contributed by atoms with E-state index in [1.54, 1.807) is 0 Å². The summed E-state index contributed by atoms with van der Waals surface area (Å²) in [6.45, 7) is 12.1. The predicted molar refractivity (Wildman–Crippen MR) is 163 cm³/mol. The molecule has 0 spiro atoms. The van der Waals surface area contributed by atoms with E-state index >= 15 is 0 Å². The number of rotatable bonds is 29. The van der Waals surface area contributed by atoms with Crippen LogP contribution in [0.2, 0.25) is 0 Å². The molecule has 0 fully saturated rings. The number of unbranched alkanes of at least 4 members (excludes halogenated alkanes) is 17. The van der Waals surface area contributed by atoms with Gasteiger partial charge in [-0.2, -0.15) is 0 Å². The third-order valence-electron chi connectivity index (χ3n) is 8.64. The predicted octanol–water partition coefficient (Wildman–Crippen LogP) is 13.5. The Balaban J connectivity index is 3.35. The van der Waals surface area contributed by atoms with Gasteiger partial charge in [-0.05, 0) is 17.8 Å². The first-order chi connectivity index (χ1) is 17.1. The van der Waals surface area contributed by atoms with Crippen LogP contribution in [0.5, 0.6) is 0 Å². The van der Waals surface area contributed by atoms with Gasteiger partial charge in [-0.15, -0.1) is 0 Å². The maximum atomic E-state index is 2.51. The molecule has 212 valence electrons. The Morgan fingerprint density at radius 3 is 0.714 bits per heavy atom. The zero-order chi connectivity index (χ0) is 25.8. The van der Waals surface area contributed by atoms with Crippen molar-refractivity contribution in [2.45, 2.75) is 208 Å². The largest absolute Gasteiger partial charge is 0.0654 e. The summed E-state index contributed by atoms with van der Waals surface area (Å²) in [6.07, 6.45) is 39.5. The highest BCUT2D eigenvalue weighted by atomic mass is 14.1. The van der Waals surface area contributed by atoms with Gasteiger partial charge in [0.05, 0.1) is 0 Å². The monoisotopic (exact) mass is 493 g/mol. The van der Waals surface area contributed by atoms with Crippen molar-refractivity contribution in [2.24, 2.45) is 17.8 Å². The molecule has 0 rings (SSSR count). The average Bonchev–Trinajstić information content (AvgIpc) is 2.84. The Bertz CT molecular complexity index is 372. The van der Waals surface area contributed by atoms with Gasteiger partial charge in [0, 0.05) is 0 Å². The first kappa shape index (κ1) is 35.0. The van der Waals surface area contributed by atoms with Gasteiger partial charge in [0.2, 0.25) is 0 Å². The number of hydrogen-bond acceptors (Lipinski definition) is 0. The molecule has 3 atom stereocenters. The zero-order valence-electron chi connectivity index (χ0n) is 25.8. The summed E-state index contributed by atoms with van der Waals surface area (Å²) in [7, 11) is 0. The second-order valence-corrected chi connectivity index (χ2v) is 12.8. The van der Waals surface area contributed by atoms with Crippen molar-refractivity contribution in [1.29, 1.82) is 0 Å². The second-order valence-electron chi connectivity index (χ2n) is 12.8. The molecule has 0 aromatic heterocycles. The van der Waals surface area contributed by atoms with Crippen LogP contribution in [0, 0.1) is 17.8 Å². The smallest absolute Gasteiger partial charge is 0.0443 e. The molecule has 0 N–H and O–H groups in total. The van der Waals surface area contributed by atoms with Gasteiger partial charge in [0.25, 0.3) is 0 Å². The minimum Gasteiger partial charge on any atom is -0.0654 e. The lowest BCUT2D eigenvalue weighted by Crippen LogP contribution is -1.99. The molecule has 0 aliphatic rings. The molecule has 0 saturated carbocycles. The molecule has 0 bridgehead atoms. The Morgan fingerprint density at radius 1 is 0.257 bits per heavy atom. The highest BCUT2D eigenvalue weighted by molar-refractivity contribution is 4.60. The van der Waals surface area contributed by atoms with E-state index in [0.717, 1.165) is 17.8 Å². The van der Waals surface area contributed by atoms with Gasteiger partial charge in [0.15, 0.2) is 0 Å². The van der Waals surface area contributed by atoms with Crippen LogP contribution < -0.4 is 0 Å². The normalized spacial score (nSPS) is 14.3. The van der Waals surface area contributed by atoms with Crippen molar-refractivity contribution in [1.82, 2.24) is 0 Å². The highest BCUT2D eigenvalue weighted by Gasteiger charge is 2.07. The molecule has 0 aromatic rings. The molecule has 3 unspecified atom stereocenters. The Morgan fingerprint density at radius 2 is 0.457 bits per heavy atom. The first-order valence-electron chi connectivity index (χ1n) is 17.1. The van der Waals surface area contributed by atoms with Crippen molar-refractivity contribution >= 4 is 0 Å². The Labute approximate surface area is 225 Å². The SMILES string of the molecule is CCCCCCCCCCCCC(C)CCCCCCC(C)CCCC(C)CCCCCCCC. The maximum absolute atomic E-state index is 2.51. The van der Waals surface area contributed by atoms with Crippen molar-refractivity contribution < 1.29 is 0 Å². The summed E-state index contributed by atoms with van der Waals surface area (Å²) in [6, 6.07) is 0. The van der Waals surface area contributed by atoms with E-state index in [1.165, 1.54) is 173 Å². The van der Waals surface area contributed by atoms with Crippen molar-refractivity contribution in [3.8, 4) is 0 Å². The molecule has 0 aliphatic heterocycles. The van der Waals surface area contributed by atoms with Gasteiger partial charge in [0.1, 0.15) is 0 Å². The van der Waals surface area contributed by atoms with Crippen LogP contribution in [0.1, 0.15) is 208 Å². The van der Waals surface area contributed by atoms with Gasteiger partial charge in [-0.1, -0.05) is 208 Å². The van der Waals surface area contributed by atoms with Crippen molar-refractivity contribution in [2.75, 3.05) is 0 Å². The lowest BCUT2D eigenvalue weighted by molar-refractivity contribution is 0.387. The van der Waals surface area contributed by atoms with Crippen LogP contribution in [0.3, 0.4) is 0 Å². The summed E-state index contributed by atoms with van der Waals surface area (Å²) < 4.78 is 0. The number of hydrogen-bond donors (Lipinski definition) is 0. The van der Waals surface area contributed by atoms with E-state index in [0.29, 0.717) is 0 Å². The molecule has 0 heteroatoms. The van der Waals surface area contributed by atoms with Gasteiger partial charge in [-0.25, -0.2) is 0 Å². The van der Waals surface area contributed by atoms with E-state index in [1.807, 2.05) is 0 Å². The molecular formula is C35H72. The Kier molecular flexibility index (Phi) is 28.6. The van der Waals surface area contributed by atoms with Crippen LogP contribution >= 0.6 is 0 Å². The fraction of sp³-hybridized carbons (Fsp3) is 1.00. The standard InChI is InChI=1S/C35H72/c1-6-8-10-12-14-15-16-17-19-23-27-33(3)28-24-20-21-25-30-35(5)32-26-31-34(4)29-22-18-13-11-9-7-2/h33-35H,6-32H2,1-5H3. The van der Waals surface area contributed by atoms with Crippen LogP contribution in [-0.4, -0.2) is 0 Å². The fourth-order valence-corrected chi connectivity index (χ4v) is 5.84. The topological polar surface area (TPSA) is 0 Å². The van der Waals surface area contributed by atoms with E-state index in [4.69, 9.17) is 0 Å². The van der Waals surface area contributed by atoms with Crippen LogP contribution in [-0.2, 0) is 0 Å². The average molecular weight is 493 g/mol. The fourth-order valence-electron chi connectivity index (χ4n) is 5.84. The molecule has 0 nitrogen and oxygen atoms in total. The summed E-state index contributed by atoms with van der Waals surface area (Å²) in [5, 5.41) is 0. The summed E-state index contributed by atoms with van der Waals surface area (Å²) in [4.78, 5) is 0. The zero-order valence-corrected chi connectivity index (χ0v) is 25.8. The molecule has 0 radical (unpaired) electrons. The minimum atomic E-state index is 0.950. The molecule has 0 saturated heterocycles. The second kappa shape index (κ2) is 28.6. The van der Waals surface area contributed by atoms with E-state index < -0.39 is 0 Å². The molecule has 0 heterocycles. The van der Waals surface area contributed by atoms with Crippen LogP contribution in [0.15, 0.2) is 0 Å². The summed E-state index contributed by atoms with van der Waals surface area (Å²) in [5.74, 6) is 2.86. The van der Waals surface area contributed by atoms with Crippen molar-refractivity contribution in [3.63, 3.8) is 0 Å². The molecule has 0 aromatic carbocycles. The van der Waals surface area contributed by atoms with Crippen molar-refractivity contribution in [3.05, 3.63) is 0 Å². The lowest BCUT2D eigenvalue weighted by atomic mass is 9.92. The van der Waals surface area contributed by atoms with E-state index in [-0.39, 0.29) is 0 Å². The van der Waals surface area contributed by atoms with Crippen LogP contribution in [0.4, 0.5) is 0 Å². The van der Waals surface area contributed by atoms with Gasteiger partial charge in [-0.3, -0.25) is 0 Å². The first-order valence-corrected chi connectivity index (χ1v) is 17.1.